The van der Waals surface area contributed by atoms with E-state index in [4.69, 9.17) is 10.00 Å². The highest BCUT2D eigenvalue weighted by molar-refractivity contribution is 5.96. The number of ketones is 2. The number of unbranched alkanes of at least 4 members (excludes halogenated alkanes) is 1. The lowest BCUT2D eigenvalue weighted by molar-refractivity contribution is 0.100. The summed E-state index contributed by atoms with van der Waals surface area (Å²) in [7, 11) is 0. The molecule has 5 nitrogen and oxygen atoms in total. The van der Waals surface area contributed by atoms with E-state index in [9.17, 15) is 9.59 Å². The molecule has 18 heavy (non-hydrogen) atoms. The summed E-state index contributed by atoms with van der Waals surface area (Å²) in [4.78, 5) is 26.5. The number of carbonyl (C=O) groups excluding carboxylic acids is 2. The Kier molecular flexibility index (Phi) is 5.00. The van der Waals surface area contributed by atoms with E-state index in [2.05, 4.69) is 4.98 Å². The highest BCUT2D eigenvalue weighted by atomic mass is 16.5. The zero-order valence-corrected chi connectivity index (χ0v) is 10.4. The minimum atomic E-state index is -0.222. The van der Waals surface area contributed by atoms with Crippen molar-refractivity contribution in [1.82, 2.24) is 4.98 Å². The van der Waals surface area contributed by atoms with Gasteiger partial charge in [0.15, 0.2) is 11.6 Å². The van der Waals surface area contributed by atoms with Crippen LogP contribution in [0.2, 0.25) is 0 Å². The predicted octanol–water partition coefficient (Wildman–Crippen LogP) is 2.17. The Morgan fingerprint density at radius 2 is 1.83 bits per heavy atom. The molecule has 0 aliphatic rings. The van der Waals surface area contributed by atoms with Crippen molar-refractivity contribution < 1.29 is 14.3 Å². The van der Waals surface area contributed by atoms with E-state index in [-0.39, 0.29) is 23.0 Å². The molecule has 0 aromatic carbocycles. The lowest BCUT2D eigenvalue weighted by Crippen LogP contribution is -2.06. The molecule has 0 atom stereocenters. The highest BCUT2D eigenvalue weighted by Gasteiger charge is 2.10. The summed E-state index contributed by atoms with van der Waals surface area (Å²) in [5, 5.41) is 8.39. The Hall–Kier alpha value is -2.22. The number of hydrogen-bond donors (Lipinski definition) is 0. The molecule has 0 saturated carbocycles. The standard InChI is InChI=1S/C13H14N2O3/c1-9(16)12-7-11(18-6-4-3-5-14)8-13(15-12)10(2)17/h7-8H,3-4,6H2,1-2H3. The summed E-state index contributed by atoms with van der Waals surface area (Å²) in [6.07, 6.45) is 1.01. The van der Waals surface area contributed by atoms with Gasteiger partial charge in [0.25, 0.3) is 0 Å². The number of hydrogen-bond acceptors (Lipinski definition) is 5. The Labute approximate surface area is 105 Å². The van der Waals surface area contributed by atoms with Crippen molar-refractivity contribution in [3.63, 3.8) is 0 Å². The fourth-order valence-electron chi connectivity index (χ4n) is 1.29. The maximum absolute atomic E-state index is 11.3. The molecule has 1 rings (SSSR count). The molecule has 0 bridgehead atoms. The first-order valence-electron chi connectivity index (χ1n) is 5.58. The van der Waals surface area contributed by atoms with Crippen LogP contribution in [-0.2, 0) is 0 Å². The van der Waals surface area contributed by atoms with E-state index in [0.717, 1.165) is 0 Å². The number of carbonyl (C=O) groups is 2. The van der Waals surface area contributed by atoms with Crippen molar-refractivity contribution in [2.24, 2.45) is 0 Å². The van der Waals surface area contributed by atoms with Crippen LogP contribution >= 0.6 is 0 Å². The molecular weight excluding hydrogens is 232 g/mol. The number of ether oxygens (including phenoxy) is 1. The SMILES string of the molecule is CC(=O)c1cc(OCCCC#N)cc(C(C)=O)n1. The molecule has 94 valence electrons. The second-order valence-electron chi connectivity index (χ2n) is 3.80. The van der Waals surface area contributed by atoms with Crippen molar-refractivity contribution in [2.45, 2.75) is 26.7 Å². The third kappa shape index (κ3) is 3.98. The van der Waals surface area contributed by atoms with E-state index in [0.29, 0.717) is 25.2 Å². The number of pyridine rings is 1. The van der Waals surface area contributed by atoms with Crippen LogP contribution in [0.4, 0.5) is 0 Å². The first kappa shape index (κ1) is 13.8. The number of nitriles is 1. The lowest BCUT2D eigenvalue weighted by Gasteiger charge is -2.07. The number of Topliss-reactive ketones (excluding diaryl/α,β-unsaturated/α-hetero) is 2. The number of nitrogens with zero attached hydrogens (tertiary/aromatic N) is 2. The molecule has 0 spiro atoms. The van der Waals surface area contributed by atoms with Gasteiger partial charge in [-0.15, -0.1) is 0 Å². The lowest BCUT2D eigenvalue weighted by atomic mass is 10.2. The van der Waals surface area contributed by atoms with E-state index in [1.54, 1.807) is 0 Å². The van der Waals surface area contributed by atoms with Crippen LogP contribution in [0.15, 0.2) is 12.1 Å². The Bertz CT molecular complexity index is 471. The summed E-state index contributed by atoms with van der Waals surface area (Å²) in [5.41, 5.74) is 0.413. The summed E-state index contributed by atoms with van der Waals surface area (Å²) in [5.74, 6) is -0.0155. The summed E-state index contributed by atoms with van der Waals surface area (Å²) in [6, 6.07) is 5.01. The van der Waals surface area contributed by atoms with E-state index < -0.39 is 0 Å². The van der Waals surface area contributed by atoms with Crippen LogP contribution in [0.1, 0.15) is 47.7 Å². The molecule has 0 N–H and O–H groups in total. The van der Waals surface area contributed by atoms with Gasteiger partial charge in [-0.25, -0.2) is 4.98 Å². The van der Waals surface area contributed by atoms with Crippen LogP contribution < -0.4 is 4.74 Å². The largest absolute Gasteiger partial charge is 0.493 e. The molecule has 0 fully saturated rings. The number of aromatic nitrogens is 1. The van der Waals surface area contributed by atoms with Crippen molar-refractivity contribution >= 4 is 11.6 Å². The smallest absolute Gasteiger partial charge is 0.178 e. The Balaban J connectivity index is 2.87. The van der Waals surface area contributed by atoms with Gasteiger partial charge in [0.2, 0.25) is 0 Å². The highest BCUT2D eigenvalue weighted by Crippen LogP contribution is 2.16. The third-order valence-electron chi connectivity index (χ3n) is 2.22. The van der Waals surface area contributed by atoms with Crippen LogP contribution in [0.3, 0.4) is 0 Å². The van der Waals surface area contributed by atoms with Crippen LogP contribution in [-0.4, -0.2) is 23.2 Å². The van der Waals surface area contributed by atoms with Crippen LogP contribution in [0.5, 0.6) is 5.75 Å². The molecule has 1 aromatic heterocycles. The van der Waals surface area contributed by atoms with Gasteiger partial charge in [-0.3, -0.25) is 9.59 Å². The zero-order chi connectivity index (χ0) is 13.5. The normalized spacial score (nSPS) is 9.61. The number of rotatable bonds is 6. The van der Waals surface area contributed by atoms with Gasteiger partial charge < -0.3 is 4.74 Å². The average molecular weight is 246 g/mol. The summed E-state index contributed by atoms with van der Waals surface area (Å²) >= 11 is 0. The first-order chi connectivity index (χ1) is 8.54. The third-order valence-corrected chi connectivity index (χ3v) is 2.22. The molecule has 1 heterocycles. The van der Waals surface area contributed by atoms with Gasteiger partial charge in [0.1, 0.15) is 17.1 Å². The maximum atomic E-state index is 11.3. The minimum absolute atomic E-state index is 0.206. The monoisotopic (exact) mass is 246 g/mol. The molecular formula is C13H14N2O3. The predicted molar refractivity (Wildman–Crippen MR) is 64.6 cm³/mol. The topological polar surface area (TPSA) is 80.0 Å². The van der Waals surface area contributed by atoms with Crippen molar-refractivity contribution in [2.75, 3.05) is 6.61 Å². The van der Waals surface area contributed by atoms with Crippen molar-refractivity contribution in [3.8, 4) is 11.8 Å². The maximum Gasteiger partial charge on any atom is 0.178 e. The van der Waals surface area contributed by atoms with Gasteiger partial charge >= 0.3 is 0 Å². The van der Waals surface area contributed by atoms with Crippen molar-refractivity contribution in [3.05, 3.63) is 23.5 Å². The van der Waals surface area contributed by atoms with E-state index >= 15 is 0 Å². The molecule has 0 radical (unpaired) electrons. The van der Waals surface area contributed by atoms with E-state index in [1.807, 2.05) is 6.07 Å². The molecule has 0 aliphatic carbocycles. The van der Waals surface area contributed by atoms with Gasteiger partial charge in [-0.2, -0.15) is 5.26 Å². The second-order valence-corrected chi connectivity index (χ2v) is 3.80. The average Bonchev–Trinajstić information content (AvgIpc) is 2.34. The fourth-order valence-corrected chi connectivity index (χ4v) is 1.29. The second kappa shape index (κ2) is 6.50. The van der Waals surface area contributed by atoms with Gasteiger partial charge in [-0.1, -0.05) is 0 Å². The fraction of sp³-hybridized carbons (Fsp3) is 0.385. The van der Waals surface area contributed by atoms with Gasteiger partial charge in [0.05, 0.1) is 12.7 Å². The van der Waals surface area contributed by atoms with E-state index in [1.165, 1.54) is 26.0 Å². The minimum Gasteiger partial charge on any atom is -0.493 e. The Morgan fingerprint density at radius 1 is 1.28 bits per heavy atom. The Morgan fingerprint density at radius 3 is 2.28 bits per heavy atom. The quantitative estimate of drug-likeness (QED) is 0.567. The summed E-state index contributed by atoms with van der Waals surface area (Å²) in [6.45, 7) is 3.13. The molecule has 0 unspecified atom stereocenters. The van der Waals surface area contributed by atoms with Crippen molar-refractivity contribution in [1.29, 1.82) is 5.26 Å². The molecule has 0 saturated heterocycles. The van der Waals surface area contributed by atoms with Crippen LogP contribution in [0, 0.1) is 11.3 Å². The van der Waals surface area contributed by atoms with Gasteiger partial charge in [0, 0.05) is 32.4 Å². The first-order valence-corrected chi connectivity index (χ1v) is 5.58. The molecule has 0 aliphatic heterocycles. The zero-order valence-electron chi connectivity index (χ0n) is 10.4. The summed E-state index contributed by atoms with van der Waals surface area (Å²) < 4.78 is 5.39. The molecule has 1 aromatic rings. The molecule has 5 heteroatoms. The molecule has 0 amide bonds. The van der Waals surface area contributed by atoms with Crippen LogP contribution in [0.25, 0.3) is 0 Å². The van der Waals surface area contributed by atoms with Gasteiger partial charge in [-0.05, 0) is 6.42 Å².